The predicted molar refractivity (Wildman–Crippen MR) is 114 cm³/mol. The van der Waals surface area contributed by atoms with Gasteiger partial charge in [0.2, 0.25) is 0 Å². The Kier molecular flexibility index (Phi) is 4.85. The number of aliphatic hydroxyl groups excluding tert-OH is 1. The summed E-state index contributed by atoms with van der Waals surface area (Å²) in [5, 5.41) is 20.4. The molecule has 0 unspecified atom stereocenters. The zero-order valence-electron chi connectivity index (χ0n) is 17.5. The molecule has 0 spiro atoms. The molecule has 2 saturated carbocycles. The van der Waals surface area contributed by atoms with Crippen molar-refractivity contribution in [3.63, 3.8) is 0 Å². The number of carboxylic acids is 1. The normalized spacial score (nSPS) is 34.5. The molecule has 2 aromatic carbocycles. The summed E-state index contributed by atoms with van der Waals surface area (Å²) < 4.78 is 6.04. The van der Waals surface area contributed by atoms with E-state index in [1.54, 1.807) is 0 Å². The Bertz CT molecular complexity index is 939. The van der Waals surface area contributed by atoms with Crippen LogP contribution in [0.5, 0.6) is 5.75 Å². The van der Waals surface area contributed by atoms with Gasteiger partial charge < -0.3 is 14.9 Å². The van der Waals surface area contributed by atoms with E-state index in [-0.39, 0.29) is 11.3 Å². The second-order valence-electron chi connectivity index (χ2n) is 9.72. The van der Waals surface area contributed by atoms with E-state index in [2.05, 4.69) is 37.3 Å². The molecule has 0 radical (unpaired) electrons. The van der Waals surface area contributed by atoms with Gasteiger partial charge in [-0.3, -0.25) is 4.79 Å². The van der Waals surface area contributed by atoms with Gasteiger partial charge in [0.15, 0.2) is 0 Å². The van der Waals surface area contributed by atoms with Crippen LogP contribution in [-0.2, 0) is 17.8 Å². The van der Waals surface area contributed by atoms with E-state index in [9.17, 15) is 15.0 Å². The van der Waals surface area contributed by atoms with E-state index in [0.29, 0.717) is 24.9 Å². The topological polar surface area (TPSA) is 66.8 Å². The van der Waals surface area contributed by atoms with Crippen LogP contribution in [0.25, 0.3) is 0 Å². The molecule has 2 fully saturated rings. The van der Waals surface area contributed by atoms with Crippen molar-refractivity contribution in [2.45, 2.75) is 57.7 Å². The Morgan fingerprint density at radius 3 is 2.73 bits per heavy atom. The van der Waals surface area contributed by atoms with Crippen LogP contribution in [0.1, 0.15) is 55.2 Å². The van der Waals surface area contributed by atoms with Crippen LogP contribution in [0, 0.1) is 23.2 Å². The smallest absolute Gasteiger partial charge is 0.309 e. The molecule has 30 heavy (non-hydrogen) atoms. The van der Waals surface area contributed by atoms with Gasteiger partial charge in [0, 0.05) is 0 Å². The first-order chi connectivity index (χ1) is 14.5. The number of carbonyl (C=O) groups is 1. The predicted octanol–water partition coefficient (Wildman–Crippen LogP) is 4.79. The minimum Gasteiger partial charge on any atom is -0.489 e. The van der Waals surface area contributed by atoms with Gasteiger partial charge in [0.05, 0.1) is 12.0 Å². The number of rotatable bonds is 4. The second-order valence-corrected chi connectivity index (χ2v) is 9.72. The van der Waals surface area contributed by atoms with Crippen LogP contribution in [0.3, 0.4) is 0 Å². The van der Waals surface area contributed by atoms with Crippen LogP contribution in [0.4, 0.5) is 0 Å². The number of hydrogen-bond acceptors (Lipinski definition) is 3. The maximum absolute atomic E-state index is 11.7. The third-order valence-electron chi connectivity index (χ3n) is 8.27. The first-order valence-corrected chi connectivity index (χ1v) is 11.2. The molecule has 0 saturated heterocycles. The minimum absolute atomic E-state index is 0.263. The molecule has 0 bridgehead atoms. The van der Waals surface area contributed by atoms with E-state index in [1.807, 2.05) is 18.2 Å². The largest absolute Gasteiger partial charge is 0.489 e. The lowest BCUT2D eigenvalue weighted by Gasteiger charge is -2.50. The molecule has 0 heterocycles. The SMILES string of the molecule is C[C@]12CC[C@@H]3c4ccc(OCc5ccccc5)cc4CC[C@H]3[C@@H]1C[C@H](C(=O)O)[C@@H]2O. The molecule has 6 atom stereocenters. The number of aliphatic carboxylic acids is 1. The van der Waals surface area contributed by atoms with Crippen LogP contribution < -0.4 is 4.74 Å². The van der Waals surface area contributed by atoms with Crippen molar-refractivity contribution in [2.24, 2.45) is 23.2 Å². The summed E-state index contributed by atoms with van der Waals surface area (Å²) >= 11 is 0. The van der Waals surface area contributed by atoms with Crippen LogP contribution >= 0.6 is 0 Å². The Balaban J connectivity index is 1.35. The first kappa shape index (κ1) is 19.6. The zero-order valence-corrected chi connectivity index (χ0v) is 17.5. The van der Waals surface area contributed by atoms with E-state index in [4.69, 9.17) is 4.74 Å². The second kappa shape index (κ2) is 7.42. The lowest BCUT2D eigenvalue weighted by molar-refractivity contribution is -0.146. The quantitative estimate of drug-likeness (QED) is 0.766. The van der Waals surface area contributed by atoms with Crippen LogP contribution in [-0.4, -0.2) is 22.3 Å². The molecule has 5 rings (SSSR count). The molecular weight excluding hydrogens is 376 g/mol. The third-order valence-corrected chi connectivity index (χ3v) is 8.27. The van der Waals surface area contributed by atoms with Gasteiger partial charge in [0.25, 0.3) is 0 Å². The standard InChI is InChI=1S/C26H30O4/c1-26-12-11-20-19-10-8-18(30-15-16-5-3-2-4-6-16)13-17(19)7-9-21(20)23(26)14-22(24(26)27)25(28)29/h2-6,8,10,13,20-24,27H,7,9,11-12,14-15H2,1H3,(H,28,29)/t20-,21-,22+,23+,24+,26+/m1/s1. The molecule has 3 aliphatic carbocycles. The van der Waals surface area contributed by atoms with Crippen molar-refractivity contribution in [3.8, 4) is 5.75 Å². The fourth-order valence-corrected chi connectivity index (χ4v) is 6.65. The van der Waals surface area contributed by atoms with E-state index >= 15 is 0 Å². The summed E-state index contributed by atoms with van der Waals surface area (Å²) in [4.78, 5) is 11.7. The Labute approximate surface area is 177 Å². The van der Waals surface area contributed by atoms with Gasteiger partial charge in [-0.1, -0.05) is 43.3 Å². The summed E-state index contributed by atoms with van der Waals surface area (Å²) in [6, 6.07) is 16.7. The van der Waals surface area contributed by atoms with Gasteiger partial charge in [-0.15, -0.1) is 0 Å². The summed E-state index contributed by atoms with van der Waals surface area (Å²) in [7, 11) is 0. The van der Waals surface area contributed by atoms with Crippen molar-refractivity contribution in [1.29, 1.82) is 0 Å². The average Bonchev–Trinajstić information content (AvgIpc) is 3.04. The molecule has 2 N–H and O–H groups in total. The molecule has 0 amide bonds. The molecule has 0 aromatic heterocycles. The fraction of sp³-hybridized carbons (Fsp3) is 0.500. The highest BCUT2D eigenvalue weighted by atomic mass is 16.5. The minimum atomic E-state index is -0.842. The Hall–Kier alpha value is -2.33. The van der Waals surface area contributed by atoms with Gasteiger partial charge >= 0.3 is 5.97 Å². The van der Waals surface area contributed by atoms with E-state index in [0.717, 1.165) is 37.0 Å². The van der Waals surface area contributed by atoms with Gasteiger partial charge in [0.1, 0.15) is 12.4 Å². The monoisotopic (exact) mass is 406 g/mol. The maximum Gasteiger partial charge on any atom is 0.309 e. The molecule has 4 nitrogen and oxygen atoms in total. The molecule has 0 aliphatic heterocycles. The summed E-state index contributed by atoms with van der Waals surface area (Å²) in [5.74, 6) is 0.675. The summed E-state index contributed by atoms with van der Waals surface area (Å²) in [6.45, 7) is 2.69. The lowest BCUT2D eigenvalue weighted by Crippen LogP contribution is -2.44. The van der Waals surface area contributed by atoms with Crippen molar-refractivity contribution < 1.29 is 19.7 Å². The Morgan fingerprint density at radius 1 is 1.17 bits per heavy atom. The van der Waals surface area contributed by atoms with Crippen molar-refractivity contribution >= 4 is 5.97 Å². The van der Waals surface area contributed by atoms with Crippen molar-refractivity contribution in [2.75, 3.05) is 0 Å². The number of ether oxygens (including phenoxy) is 1. The fourth-order valence-electron chi connectivity index (χ4n) is 6.65. The zero-order chi connectivity index (χ0) is 20.9. The molecule has 158 valence electrons. The molecule has 4 heteroatoms. The van der Waals surface area contributed by atoms with Crippen LogP contribution in [0.2, 0.25) is 0 Å². The van der Waals surface area contributed by atoms with E-state index in [1.165, 1.54) is 11.1 Å². The molecule has 3 aliphatic rings. The number of carboxylic acid groups (broad SMARTS) is 1. The number of aryl methyl sites for hydroxylation is 1. The highest BCUT2D eigenvalue weighted by Gasteiger charge is 2.59. The van der Waals surface area contributed by atoms with E-state index < -0.39 is 18.0 Å². The van der Waals surface area contributed by atoms with Crippen molar-refractivity contribution in [3.05, 3.63) is 65.2 Å². The maximum atomic E-state index is 11.7. The average molecular weight is 407 g/mol. The summed E-state index contributed by atoms with van der Waals surface area (Å²) in [5.41, 5.74) is 3.68. The number of aliphatic hydroxyl groups is 1. The van der Waals surface area contributed by atoms with Crippen LogP contribution in [0.15, 0.2) is 48.5 Å². The molecular formula is C26H30O4. The number of fused-ring (bicyclic) bond motifs is 5. The Morgan fingerprint density at radius 2 is 1.97 bits per heavy atom. The van der Waals surface area contributed by atoms with Crippen molar-refractivity contribution in [1.82, 2.24) is 0 Å². The third kappa shape index (κ3) is 3.13. The van der Waals surface area contributed by atoms with Gasteiger partial charge in [-0.25, -0.2) is 0 Å². The lowest BCUT2D eigenvalue weighted by atomic mass is 9.55. The first-order valence-electron chi connectivity index (χ1n) is 11.2. The number of benzene rings is 2. The highest BCUT2D eigenvalue weighted by molar-refractivity contribution is 5.71. The van der Waals surface area contributed by atoms with Gasteiger partial charge in [-0.2, -0.15) is 0 Å². The number of hydrogen-bond donors (Lipinski definition) is 2. The molecule has 2 aromatic rings. The summed E-state index contributed by atoms with van der Waals surface area (Å²) in [6.07, 6.45) is 3.88. The van der Waals surface area contributed by atoms with Gasteiger partial charge in [-0.05, 0) is 84.1 Å². The highest BCUT2D eigenvalue weighted by Crippen LogP contribution is 2.62.